The molecule has 4 atom stereocenters. The molecule has 4 bridgehead atoms. The van der Waals surface area contributed by atoms with Gasteiger partial charge in [-0.05, 0) is 74.5 Å². The number of aromatic nitrogens is 2. The van der Waals surface area contributed by atoms with Crippen molar-refractivity contribution in [3.05, 3.63) is 21.6 Å². The number of anilines is 1. The second-order valence-corrected chi connectivity index (χ2v) is 11.2. The minimum atomic E-state index is -0.730. The van der Waals surface area contributed by atoms with Gasteiger partial charge in [0.1, 0.15) is 5.02 Å². The summed E-state index contributed by atoms with van der Waals surface area (Å²) in [6.45, 7) is 2.25. The van der Waals surface area contributed by atoms with Crippen LogP contribution in [0.25, 0.3) is 0 Å². The van der Waals surface area contributed by atoms with Crippen LogP contribution in [0.15, 0.2) is 11.0 Å². The summed E-state index contributed by atoms with van der Waals surface area (Å²) < 4.78 is 1.64. The van der Waals surface area contributed by atoms with Gasteiger partial charge in [0, 0.05) is 6.04 Å². The smallest absolute Gasteiger partial charge is 0.303 e. The lowest BCUT2D eigenvalue weighted by molar-refractivity contribution is -0.151. The molecular weight excluding hydrogens is 402 g/mol. The number of hydrogen-bond donors (Lipinski definition) is 2. The maximum absolute atomic E-state index is 13.4. The molecule has 164 valence electrons. The highest BCUT2D eigenvalue weighted by atomic mass is 35.5. The summed E-state index contributed by atoms with van der Waals surface area (Å²) in [7, 11) is 0. The van der Waals surface area contributed by atoms with Crippen molar-refractivity contribution in [3.63, 3.8) is 0 Å². The van der Waals surface area contributed by atoms with Crippen LogP contribution in [0.2, 0.25) is 5.02 Å². The van der Waals surface area contributed by atoms with Crippen LogP contribution in [0.3, 0.4) is 0 Å². The quantitative estimate of drug-likeness (QED) is 0.705. The summed E-state index contributed by atoms with van der Waals surface area (Å²) in [6, 6.07) is 0.326. The molecule has 30 heavy (non-hydrogen) atoms. The maximum Gasteiger partial charge on any atom is 0.303 e. The first kappa shape index (κ1) is 20.3. The Morgan fingerprint density at radius 1 is 1.27 bits per heavy atom. The van der Waals surface area contributed by atoms with E-state index in [9.17, 15) is 14.7 Å². The van der Waals surface area contributed by atoms with Crippen LogP contribution < -0.4 is 10.9 Å². The van der Waals surface area contributed by atoms with Crippen LogP contribution in [0.5, 0.6) is 0 Å². The van der Waals surface area contributed by atoms with E-state index in [1.165, 1.54) is 19.3 Å². The van der Waals surface area contributed by atoms with Gasteiger partial charge in [0.05, 0.1) is 23.8 Å². The zero-order valence-corrected chi connectivity index (χ0v) is 18.5. The number of carbonyl (C=O) groups is 1. The van der Waals surface area contributed by atoms with E-state index < -0.39 is 5.97 Å². The van der Waals surface area contributed by atoms with Gasteiger partial charge < -0.3 is 10.4 Å². The summed E-state index contributed by atoms with van der Waals surface area (Å²) in [6.07, 6.45) is 12.3. The molecule has 5 aliphatic carbocycles. The minimum absolute atomic E-state index is 0.196. The van der Waals surface area contributed by atoms with Gasteiger partial charge in [-0.2, -0.15) is 5.10 Å². The van der Waals surface area contributed by atoms with Crippen LogP contribution >= 0.6 is 11.6 Å². The van der Waals surface area contributed by atoms with Gasteiger partial charge in [-0.25, -0.2) is 4.68 Å². The second-order valence-electron chi connectivity index (χ2n) is 10.9. The topological polar surface area (TPSA) is 84.2 Å². The molecule has 6 nitrogen and oxygen atoms in total. The first-order chi connectivity index (χ1) is 14.3. The molecule has 2 N–H and O–H groups in total. The highest BCUT2D eigenvalue weighted by molar-refractivity contribution is 6.32. The van der Waals surface area contributed by atoms with Gasteiger partial charge in [0.25, 0.3) is 5.56 Å². The fourth-order valence-electron chi connectivity index (χ4n) is 7.78. The number of hydrogen-bond acceptors (Lipinski definition) is 4. The molecule has 6 rings (SSSR count). The number of rotatable bonds is 5. The molecule has 5 fully saturated rings. The number of nitrogens with one attached hydrogen (secondary N) is 1. The number of aliphatic carboxylic acids is 1. The van der Waals surface area contributed by atoms with Crippen LogP contribution in [-0.4, -0.2) is 26.9 Å². The number of carboxylic acid groups (broad SMARTS) is 1. The third-order valence-electron chi connectivity index (χ3n) is 8.50. The molecule has 0 aliphatic heterocycles. The molecule has 1 heterocycles. The van der Waals surface area contributed by atoms with Crippen molar-refractivity contribution in [2.45, 2.75) is 89.1 Å². The zero-order valence-electron chi connectivity index (χ0n) is 17.7. The summed E-state index contributed by atoms with van der Waals surface area (Å²) in [5.41, 5.74) is -0.159. The van der Waals surface area contributed by atoms with Crippen LogP contribution in [0, 0.1) is 23.2 Å². The van der Waals surface area contributed by atoms with Crippen molar-refractivity contribution in [1.29, 1.82) is 0 Å². The Morgan fingerprint density at radius 3 is 2.63 bits per heavy atom. The highest BCUT2D eigenvalue weighted by Gasteiger charge is 2.59. The van der Waals surface area contributed by atoms with E-state index in [1.807, 2.05) is 0 Å². The van der Waals surface area contributed by atoms with Crippen LogP contribution in [0.1, 0.15) is 77.6 Å². The summed E-state index contributed by atoms with van der Waals surface area (Å²) in [5, 5.41) is 17.9. The fourth-order valence-corrected chi connectivity index (χ4v) is 7.96. The van der Waals surface area contributed by atoms with E-state index in [1.54, 1.807) is 10.9 Å². The predicted molar refractivity (Wildman–Crippen MR) is 116 cm³/mol. The molecule has 0 radical (unpaired) electrons. The van der Waals surface area contributed by atoms with E-state index in [-0.39, 0.29) is 28.0 Å². The molecule has 7 heteroatoms. The Bertz CT molecular complexity index is 899. The molecule has 5 aliphatic rings. The zero-order chi connectivity index (χ0) is 21.1. The van der Waals surface area contributed by atoms with Gasteiger partial charge in [0.15, 0.2) is 0 Å². The van der Waals surface area contributed by atoms with Crippen molar-refractivity contribution in [3.8, 4) is 0 Å². The van der Waals surface area contributed by atoms with Crippen molar-refractivity contribution in [1.82, 2.24) is 9.78 Å². The molecule has 5 saturated carbocycles. The molecule has 0 spiro atoms. The lowest BCUT2D eigenvalue weighted by Gasteiger charge is -2.61. The standard InChI is InChI=1S/C23H32ClN3O3/c1-14-4-2-3-5-17(14)26-18-12-25-27(21(30)20(18)24)23-9-15-6-16(10-23)8-22(7-15,13-23)11-19(28)29/h12,14-17,26H,2-11,13H2,1H3,(H,28,29)/t14-,15-,16-,17+,22?,23?/m1/s1. The lowest BCUT2D eigenvalue weighted by Crippen LogP contribution is -2.59. The Morgan fingerprint density at radius 2 is 1.97 bits per heavy atom. The van der Waals surface area contributed by atoms with E-state index in [2.05, 4.69) is 17.3 Å². The van der Waals surface area contributed by atoms with Gasteiger partial charge >= 0.3 is 5.97 Å². The highest BCUT2D eigenvalue weighted by Crippen LogP contribution is 2.65. The van der Waals surface area contributed by atoms with E-state index >= 15 is 0 Å². The first-order valence-electron chi connectivity index (χ1n) is 11.6. The average Bonchev–Trinajstić information content (AvgIpc) is 2.65. The van der Waals surface area contributed by atoms with E-state index in [4.69, 9.17) is 11.6 Å². The predicted octanol–water partition coefficient (Wildman–Crippen LogP) is 4.66. The van der Waals surface area contributed by atoms with E-state index in [0.717, 1.165) is 44.9 Å². The first-order valence-corrected chi connectivity index (χ1v) is 11.9. The summed E-state index contributed by atoms with van der Waals surface area (Å²) in [5.74, 6) is 0.792. The molecule has 0 amide bonds. The van der Waals surface area contributed by atoms with Gasteiger partial charge in [-0.15, -0.1) is 0 Å². The largest absolute Gasteiger partial charge is 0.481 e. The molecule has 0 saturated heterocycles. The molecule has 1 aromatic heterocycles. The van der Waals surface area contributed by atoms with Crippen LogP contribution in [0.4, 0.5) is 5.69 Å². The normalized spacial score (nSPS) is 39.8. The summed E-state index contributed by atoms with van der Waals surface area (Å²) in [4.78, 5) is 25.0. The Kier molecular flexibility index (Phi) is 4.92. The third-order valence-corrected chi connectivity index (χ3v) is 8.86. The van der Waals surface area contributed by atoms with Gasteiger partial charge in [0.2, 0.25) is 0 Å². The average molecular weight is 434 g/mol. The number of carboxylic acids is 1. The molecule has 0 aromatic carbocycles. The third kappa shape index (κ3) is 3.35. The number of halogens is 1. The fraction of sp³-hybridized carbons (Fsp3) is 0.783. The van der Waals surface area contributed by atoms with Crippen molar-refractivity contribution in [2.75, 3.05) is 5.32 Å². The Balaban J connectivity index is 1.46. The molecule has 0 unspecified atom stereocenters. The van der Waals surface area contributed by atoms with Crippen molar-refractivity contribution >= 4 is 23.3 Å². The van der Waals surface area contributed by atoms with Gasteiger partial charge in [-0.1, -0.05) is 31.4 Å². The lowest BCUT2D eigenvalue weighted by atomic mass is 9.46. The van der Waals surface area contributed by atoms with E-state index in [0.29, 0.717) is 29.5 Å². The minimum Gasteiger partial charge on any atom is -0.481 e. The second kappa shape index (κ2) is 7.25. The SMILES string of the molecule is C[C@@H]1CCCC[C@@H]1Nc1cnn(C23C[C@@H]4C[C@H](CC(CC(=O)O)(C4)C2)C3)c(=O)c1Cl. The molecular formula is C23H32ClN3O3. The Hall–Kier alpha value is -1.56. The monoisotopic (exact) mass is 433 g/mol. The number of nitrogens with zero attached hydrogens (tertiary/aromatic N) is 2. The van der Waals surface area contributed by atoms with Gasteiger partial charge in [-0.3, -0.25) is 9.59 Å². The Labute approximate surface area is 182 Å². The summed E-state index contributed by atoms with van der Waals surface area (Å²) >= 11 is 6.59. The molecule has 1 aromatic rings. The van der Waals surface area contributed by atoms with Crippen molar-refractivity contribution in [2.24, 2.45) is 23.2 Å². The maximum atomic E-state index is 13.4. The van der Waals surface area contributed by atoms with Crippen LogP contribution in [-0.2, 0) is 10.3 Å². The van der Waals surface area contributed by atoms with Crippen molar-refractivity contribution < 1.29 is 9.90 Å².